The first-order valence-corrected chi connectivity index (χ1v) is 4.77. The van der Waals surface area contributed by atoms with Crippen molar-refractivity contribution in [3.05, 3.63) is 0 Å². The van der Waals surface area contributed by atoms with E-state index in [0.29, 0.717) is 18.8 Å². The number of carbonyl (C=O) groups is 2. The van der Waals surface area contributed by atoms with Crippen molar-refractivity contribution in [1.82, 2.24) is 0 Å². The van der Waals surface area contributed by atoms with E-state index in [1.807, 2.05) is 6.92 Å². The van der Waals surface area contributed by atoms with Crippen molar-refractivity contribution >= 4 is 11.8 Å². The van der Waals surface area contributed by atoms with Crippen molar-refractivity contribution in [2.45, 2.75) is 33.1 Å². The van der Waals surface area contributed by atoms with Gasteiger partial charge in [-0.3, -0.25) is 9.59 Å². The Bertz CT molecular complexity index is 220. The summed E-state index contributed by atoms with van der Waals surface area (Å²) in [6.07, 6.45) is 1.93. The van der Waals surface area contributed by atoms with Gasteiger partial charge in [-0.05, 0) is 18.3 Å². The Balaban J connectivity index is 2.65. The van der Waals surface area contributed by atoms with Gasteiger partial charge in [0.25, 0.3) is 0 Å². The molecule has 1 saturated carbocycles. The highest BCUT2D eigenvalue weighted by atomic mass is 16.4. The Morgan fingerprint density at radius 2 is 2.23 bits per heavy atom. The van der Waals surface area contributed by atoms with Crippen molar-refractivity contribution in [3.8, 4) is 0 Å². The molecule has 1 aliphatic carbocycles. The van der Waals surface area contributed by atoms with Gasteiger partial charge in [-0.25, -0.2) is 0 Å². The van der Waals surface area contributed by atoms with E-state index in [2.05, 4.69) is 0 Å². The Morgan fingerprint density at radius 3 is 2.77 bits per heavy atom. The second-order valence-electron chi connectivity index (χ2n) is 4.05. The molecular formula is C10H16O3. The molecule has 3 unspecified atom stereocenters. The van der Waals surface area contributed by atoms with Gasteiger partial charge in [0.1, 0.15) is 5.78 Å². The van der Waals surface area contributed by atoms with Gasteiger partial charge in [0.2, 0.25) is 0 Å². The van der Waals surface area contributed by atoms with Crippen LogP contribution in [-0.2, 0) is 9.59 Å². The molecular weight excluding hydrogens is 168 g/mol. The van der Waals surface area contributed by atoms with E-state index in [1.54, 1.807) is 6.92 Å². The average molecular weight is 184 g/mol. The normalized spacial score (nSPS) is 31.4. The summed E-state index contributed by atoms with van der Waals surface area (Å²) in [4.78, 5) is 21.9. The van der Waals surface area contributed by atoms with Gasteiger partial charge >= 0.3 is 5.97 Å². The fourth-order valence-electron chi connectivity index (χ4n) is 2.02. The Labute approximate surface area is 78.1 Å². The second kappa shape index (κ2) is 3.90. The van der Waals surface area contributed by atoms with Crippen LogP contribution >= 0.6 is 0 Å². The van der Waals surface area contributed by atoms with Crippen LogP contribution in [0.4, 0.5) is 0 Å². The fraction of sp³-hybridized carbons (Fsp3) is 0.800. The van der Waals surface area contributed by atoms with E-state index in [9.17, 15) is 9.59 Å². The minimum Gasteiger partial charge on any atom is -0.481 e. The van der Waals surface area contributed by atoms with Crippen LogP contribution < -0.4 is 0 Å². The number of aliphatic carboxylic acids is 1. The molecule has 0 amide bonds. The molecule has 0 aliphatic heterocycles. The molecule has 1 fully saturated rings. The van der Waals surface area contributed by atoms with E-state index < -0.39 is 5.97 Å². The molecule has 0 aromatic rings. The molecule has 74 valence electrons. The molecule has 3 atom stereocenters. The van der Waals surface area contributed by atoms with Gasteiger partial charge in [-0.1, -0.05) is 13.8 Å². The number of carbonyl (C=O) groups excluding carboxylic acids is 1. The molecule has 1 rings (SSSR count). The third kappa shape index (κ3) is 2.29. The standard InChI is InChI=1S/C10H16O3/c1-6-3-4-8(11)5-9(6)7(2)10(12)13/h6-7,9H,3-5H2,1-2H3,(H,12,13). The number of Topliss-reactive ketones (excluding diaryl/α,β-unsaturated/α-hetero) is 1. The molecule has 0 aromatic heterocycles. The molecule has 3 heteroatoms. The van der Waals surface area contributed by atoms with Crippen LogP contribution in [0.1, 0.15) is 33.1 Å². The molecule has 0 saturated heterocycles. The largest absolute Gasteiger partial charge is 0.481 e. The Kier molecular flexibility index (Phi) is 3.07. The van der Waals surface area contributed by atoms with Crippen LogP contribution in [0.5, 0.6) is 0 Å². The van der Waals surface area contributed by atoms with Gasteiger partial charge in [0, 0.05) is 12.8 Å². The van der Waals surface area contributed by atoms with E-state index in [0.717, 1.165) is 6.42 Å². The third-order valence-electron chi connectivity index (χ3n) is 3.10. The van der Waals surface area contributed by atoms with Gasteiger partial charge in [-0.2, -0.15) is 0 Å². The number of rotatable bonds is 2. The first kappa shape index (κ1) is 10.2. The predicted octanol–water partition coefficient (Wildman–Crippen LogP) is 1.71. The highest BCUT2D eigenvalue weighted by Gasteiger charge is 2.33. The molecule has 0 radical (unpaired) electrons. The quantitative estimate of drug-likeness (QED) is 0.710. The zero-order valence-corrected chi connectivity index (χ0v) is 8.12. The minimum atomic E-state index is -0.786. The molecule has 0 spiro atoms. The van der Waals surface area contributed by atoms with E-state index in [1.165, 1.54) is 0 Å². The molecule has 1 aliphatic rings. The summed E-state index contributed by atoms with van der Waals surface area (Å²) >= 11 is 0. The second-order valence-corrected chi connectivity index (χ2v) is 4.05. The molecule has 0 heterocycles. The number of hydrogen-bond donors (Lipinski definition) is 1. The number of ketones is 1. The van der Waals surface area contributed by atoms with Gasteiger partial charge < -0.3 is 5.11 Å². The van der Waals surface area contributed by atoms with Crippen LogP contribution in [-0.4, -0.2) is 16.9 Å². The lowest BCUT2D eigenvalue weighted by Crippen LogP contribution is -2.31. The van der Waals surface area contributed by atoms with E-state index >= 15 is 0 Å². The summed E-state index contributed by atoms with van der Waals surface area (Å²) in [5, 5.41) is 8.83. The van der Waals surface area contributed by atoms with Crippen LogP contribution in [0.25, 0.3) is 0 Å². The van der Waals surface area contributed by atoms with Gasteiger partial charge in [-0.15, -0.1) is 0 Å². The highest BCUT2D eigenvalue weighted by molar-refractivity contribution is 5.80. The third-order valence-corrected chi connectivity index (χ3v) is 3.10. The molecule has 0 aromatic carbocycles. The fourth-order valence-corrected chi connectivity index (χ4v) is 2.02. The lowest BCUT2D eigenvalue weighted by molar-refractivity contribution is -0.144. The summed E-state index contributed by atoms with van der Waals surface area (Å²) in [6, 6.07) is 0. The summed E-state index contributed by atoms with van der Waals surface area (Å²) in [5.74, 6) is -0.551. The number of carboxylic acids is 1. The van der Waals surface area contributed by atoms with Gasteiger partial charge in [0.15, 0.2) is 0 Å². The maximum atomic E-state index is 11.2. The summed E-state index contributed by atoms with van der Waals surface area (Å²) in [5.41, 5.74) is 0. The van der Waals surface area contributed by atoms with Crippen LogP contribution in [0, 0.1) is 17.8 Å². The summed E-state index contributed by atoms with van der Waals surface area (Å²) in [7, 11) is 0. The molecule has 0 bridgehead atoms. The maximum absolute atomic E-state index is 11.2. The molecule has 3 nitrogen and oxygen atoms in total. The van der Waals surface area contributed by atoms with Crippen molar-refractivity contribution < 1.29 is 14.7 Å². The highest BCUT2D eigenvalue weighted by Crippen LogP contribution is 2.33. The van der Waals surface area contributed by atoms with E-state index in [4.69, 9.17) is 5.11 Å². The van der Waals surface area contributed by atoms with Crippen LogP contribution in [0.2, 0.25) is 0 Å². The SMILES string of the molecule is CC1CCC(=O)CC1C(C)C(=O)O. The predicted molar refractivity (Wildman–Crippen MR) is 48.3 cm³/mol. The van der Waals surface area contributed by atoms with Gasteiger partial charge in [0.05, 0.1) is 5.92 Å². The lowest BCUT2D eigenvalue weighted by atomic mass is 9.73. The smallest absolute Gasteiger partial charge is 0.306 e. The topological polar surface area (TPSA) is 54.4 Å². The Morgan fingerprint density at radius 1 is 1.62 bits per heavy atom. The molecule has 13 heavy (non-hydrogen) atoms. The van der Waals surface area contributed by atoms with Crippen molar-refractivity contribution in [1.29, 1.82) is 0 Å². The van der Waals surface area contributed by atoms with Crippen LogP contribution in [0.3, 0.4) is 0 Å². The van der Waals surface area contributed by atoms with Crippen molar-refractivity contribution in [2.24, 2.45) is 17.8 Å². The first-order valence-electron chi connectivity index (χ1n) is 4.77. The minimum absolute atomic E-state index is 0.0405. The zero-order chi connectivity index (χ0) is 10.0. The number of carboxylic acid groups (broad SMARTS) is 1. The monoisotopic (exact) mass is 184 g/mol. The first-order chi connectivity index (χ1) is 6.02. The number of hydrogen-bond acceptors (Lipinski definition) is 2. The van der Waals surface area contributed by atoms with Crippen LogP contribution in [0.15, 0.2) is 0 Å². The molecule has 1 N–H and O–H groups in total. The van der Waals surface area contributed by atoms with Crippen molar-refractivity contribution in [2.75, 3.05) is 0 Å². The maximum Gasteiger partial charge on any atom is 0.306 e. The Hall–Kier alpha value is -0.860. The zero-order valence-electron chi connectivity index (χ0n) is 8.12. The summed E-state index contributed by atoms with van der Waals surface area (Å²) in [6.45, 7) is 3.73. The van der Waals surface area contributed by atoms with E-state index in [-0.39, 0.29) is 17.6 Å². The van der Waals surface area contributed by atoms with Crippen molar-refractivity contribution in [3.63, 3.8) is 0 Å². The lowest BCUT2D eigenvalue weighted by Gasteiger charge is -2.30. The summed E-state index contributed by atoms with van der Waals surface area (Å²) < 4.78 is 0. The average Bonchev–Trinajstić information content (AvgIpc) is 2.08.